The molecule has 0 saturated heterocycles. The van der Waals surface area contributed by atoms with E-state index < -0.39 is 0 Å². The Morgan fingerprint density at radius 3 is 1.16 bits per heavy atom. The van der Waals surface area contributed by atoms with Crippen LogP contribution in [0.2, 0.25) is 0 Å². The minimum Gasteiger partial charge on any atom is -0.327 e. The van der Waals surface area contributed by atoms with E-state index in [1.807, 2.05) is 0 Å². The molecule has 2 rings (SSSR count). The lowest BCUT2D eigenvalue weighted by Crippen LogP contribution is -2.50. The molecule has 2 nitrogen and oxygen atoms in total. The van der Waals surface area contributed by atoms with E-state index in [-0.39, 0.29) is 0 Å². The maximum absolute atomic E-state index is 6.53. The first-order valence-electron chi connectivity index (χ1n) is 10.8. The van der Waals surface area contributed by atoms with Gasteiger partial charge < -0.3 is 11.5 Å². The molecule has 0 spiro atoms. The Labute approximate surface area is 157 Å². The second-order valence-electron chi connectivity index (χ2n) is 12.1. The fraction of sp³-hybridized carbons (Fsp3) is 1.00. The van der Waals surface area contributed by atoms with Crippen molar-refractivity contribution in [2.24, 2.45) is 51.4 Å². The van der Waals surface area contributed by atoms with Crippen LogP contribution in [0.4, 0.5) is 0 Å². The number of hydrogen-bond acceptors (Lipinski definition) is 2. The molecule has 0 amide bonds. The molecule has 4 N–H and O–H groups in total. The Bertz CT molecular complexity index is 400. The Hall–Kier alpha value is -0.0800. The average Bonchev–Trinajstić information content (AvgIpc) is 2.45. The first-order valence-corrected chi connectivity index (χ1v) is 10.8. The molecule has 2 fully saturated rings. The van der Waals surface area contributed by atoms with Crippen LogP contribution in [-0.2, 0) is 0 Å². The second-order valence-corrected chi connectivity index (χ2v) is 12.1. The van der Waals surface area contributed by atoms with Crippen molar-refractivity contribution in [1.82, 2.24) is 0 Å². The average molecular weight is 351 g/mol. The lowest BCUT2D eigenvalue weighted by molar-refractivity contribution is -0.0133. The molecule has 0 bridgehead atoms. The number of hydrogen-bond donors (Lipinski definition) is 2. The van der Waals surface area contributed by atoms with Crippen molar-refractivity contribution in [2.45, 2.75) is 106 Å². The number of nitrogens with two attached hydrogens (primary N) is 2. The zero-order valence-electron chi connectivity index (χ0n) is 18.4. The van der Waals surface area contributed by atoms with Gasteiger partial charge in [-0.25, -0.2) is 0 Å². The van der Waals surface area contributed by atoms with Crippen molar-refractivity contribution in [2.75, 3.05) is 0 Å². The van der Waals surface area contributed by atoms with Gasteiger partial charge in [-0.3, -0.25) is 0 Å². The van der Waals surface area contributed by atoms with Crippen LogP contribution in [0.3, 0.4) is 0 Å². The van der Waals surface area contributed by atoms with Crippen LogP contribution in [0.15, 0.2) is 0 Å². The minimum atomic E-state index is 0.316. The highest BCUT2D eigenvalue weighted by molar-refractivity contribution is 4.99. The molecular formula is C23H46N2. The molecule has 0 heterocycles. The lowest BCUT2D eigenvalue weighted by atomic mass is 9.54. The van der Waals surface area contributed by atoms with Gasteiger partial charge in [-0.05, 0) is 78.4 Å². The Balaban J connectivity index is 2.15. The van der Waals surface area contributed by atoms with Gasteiger partial charge in [0.25, 0.3) is 0 Å². The Morgan fingerprint density at radius 1 is 0.560 bits per heavy atom. The zero-order chi connectivity index (χ0) is 19.2. The van der Waals surface area contributed by atoms with Crippen LogP contribution in [0.25, 0.3) is 0 Å². The molecule has 0 aromatic rings. The first-order chi connectivity index (χ1) is 11.2. The van der Waals surface area contributed by atoms with Crippen LogP contribution < -0.4 is 11.5 Å². The van der Waals surface area contributed by atoms with E-state index in [2.05, 4.69) is 55.4 Å². The second kappa shape index (κ2) is 7.15. The fourth-order valence-corrected chi connectivity index (χ4v) is 6.06. The summed E-state index contributed by atoms with van der Waals surface area (Å²) < 4.78 is 0. The van der Waals surface area contributed by atoms with E-state index in [9.17, 15) is 0 Å². The van der Waals surface area contributed by atoms with Crippen LogP contribution in [0.5, 0.6) is 0 Å². The molecule has 2 saturated carbocycles. The highest BCUT2D eigenvalue weighted by atomic mass is 14.7. The van der Waals surface area contributed by atoms with Gasteiger partial charge in [-0.1, -0.05) is 55.4 Å². The monoisotopic (exact) mass is 350 g/mol. The molecule has 0 aromatic heterocycles. The van der Waals surface area contributed by atoms with Crippen molar-refractivity contribution >= 4 is 0 Å². The SMILES string of the molecule is CC(C)(C)C1CC(C(C)(C)C2CCC(N)C(C(C)(C)C)C2)CCC1N. The molecule has 2 aliphatic rings. The van der Waals surface area contributed by atoms with Crippen molar-refractivity contribution in [3.05, 3.63) is 0 Å². The largest absolute Gasteiger partial charge is 0.327 e. The van der Waals surface area contributed by atoms with E-state index in [0.717, 1.165) is 11.8 Å². The summed E-state index contributed by atoms with van der Waals surface area (Å²) in [4.78, 5) is 0. The predicted molar refractivity (Wildman–Crippen MR) is 110 cm³/mol. The first kappa shape index (κ1) is 21.2. The van der Waals surface area contributed by atoms with E-state index in [1.165, 1.54) is 38.5 Å². The van der Waals surface area contributed by atoms with Crippen molar-refractivity contribution in [1.29, 1.82) is 0 Å². The Kier molecular flexibility index (Phi) is 6.07. The van der Waals surface area contributed by atoms with Gasteiger partial charge in [-0.15, -0.1) is 0 Å². The molecular weight excluding hydrogens is 304 g/mol. The van der Waals surface area contributed by atoms with Gasteiger partial charge >= 0.3 is 0 Å². The summed E-state index contributed by atoms with van der Waals surface area (Å²) in [6.45, 7) is 19.4. The Morgan fingerprint density at radius 2 is 0.880 bits per heavy atom. The maximum Gasteiger partial charge on any atom is 0.00723 e. The van der Waals surface area contributed by atoms with Crippen LogP contribution in [0, 0.1) is 39.9 Å². The van der Waals surface area contributed by atoms with E-state index in [1.54, 1.807) is 0 Å². The van der Waals surface area contributed by atoms with Crippen molar-refractivity contribution in [3.63, 3.8) is 0 Å². The summed E-state index contributed by atoms with van der Waals surface area (Å²) in [5.74, 6) is 2.90. The van der Waals surface area contributed by atoms with E-state index >= 15 is 0 Å². The summed E-state index contributed by atoms with van der Waals surface area (Å²) in [5.41, 5.74) is 14.1. The topological polar surface area (TPSA) is 52.0 Å². The van der Waals surface area contributed by atoms with E-state index in [4.69, 9.17) is 11.5 Å². The van der Waals surface area contributed by atoms with Crippen LogP contribution in [-0.4, -0.2) is 12.1 Å². The van der Waals surface area contributed by atoms with E-state index in [0.29, 0.717) is 40.2 Å². The molecule has 25 heavy (non-hydrogen) atoms. The highest BCUT2D eigenvalue weighted by Gasteiger charge is 2.47. The summed E-state index contributed by atoms with van der Waals surface area (Å²) in [6, 6.07) is 0.767. The summed E-state index contributed by atoms with van der Waals surface area (Å²) >= 11 is 0. The lowest BCUT2D eigenvalue weighted by Gasteiger charge is -2.52. The smallest absolute Gasteiger partial charge is 0.00723 e. The van der Waals surface area contributed by atoms with Gasteiger partial charge in [0.2, 0.25) is 0 Å². The predicted octanol–water partition coefficient (Wildman–Crippen LogP) is 5.59. The van der Waals surface area contributed by atoms with Gasteiger partial charge in [-0.2, -0.15) is 0 Å². The third kappa shape index (κ3) is 4.61. The van der Waals surface area contributed by atoms with Crippen LogP contribution >= 0.6 is 0 Å². The molecule has 2 aliphatic carbocycles. The van der Waals surface area contributed by atoms with Gasteiger partial charge in [0.05, 0.1) is 0 Å². The standard InChI is InChI=1S/C23H46N2/c1-21(2,3)17-13-15(9-11-19(17)24)23(7,8)16-10-12-20(25)18(14-16)22(4,5)6/h15-20H,9-14,24-25H2,1-8H3. The normalized spacial score (nSPS) is 38.6. The molecule has 6 unspecified atom stereocenters. The van der Waals surface area contributed by atoms with Gasteiger partial charge in [0.15, 0.2) is 0 Å². The van der Waals surface area contributed by atoms with Crippen molar-refractivity contribution in [3.8, 4) is 0 Å². The third-order valence-corrected chi connectivity index (χ3v) is 8.14. The van der Waals surface area contributed by atoms with Crippen molar-refractivity contribution < 1.29 is 0 Å². The minimum absolute atomic E-state index is 0.316. The summed E-state index contributed by atoms with van der Waals surface area (Å²) in [7, 11) is 0. The van der Waals surface area contributed by atoms with Gasteiger partial charge in [0.1, 0.15) is 0 Å². The molecule has 0 radical (unpaired) electrons. The van der Waals surface area contributed by atoms with Crippen LogP contribution in [0.1, 0.15) is 93.9 Å². The third-order valence-electron chi connectivity index (χ3n) is 8.14. The molecule has 0 aliphatic heterocycles. The molecule has 6 atom stereocenters. The summed E-state index contributed by atoms with van der Waals surface area (Å²) in [5, 5.41) is 0. The van der Waals surface area contributed by atoms with Gasteiger partial charge in [0, 0.05) is 12.1 Å². The fourth-order valence-electron chi connectivity index (χ4n) is 6.06. The molecule has 148 valence electrons. The summed E-state index contributed by atoms with van der Waals surface area (Å²) in [6.07, 6.45) is 7.63. The quantitative estimate of drug-likeness (QED) is 0.682. The highest BCUT2D eigenvalue weighted by Crippen LogP contribution is 2.53. The number of rotatable bonds is 2. The molecule has 2 heteroatoms. The maximum atomic E-state index is 6.53. The molecule has 0 aromatic carbocycles. The zero-order valence-corrected chi connectivity index (χ0v) is 18.4.